The average molecular weight is 305 g/mol. The Hall–Kier alpha value is -1.51. The number of imidazole rings is 1. The summed E-state index contributed by atoms with van der Waals surface area (Å²) in [6, 6.07) is 14.1. The highest BCUT2D eigenvalue weighted by Gasteiger charge is 2.11. The summed E-state index contributed by atoms with van der Waals surface area (Å²) in [5.74, 6) is 1.25. The summed E-state index contributed by atoms with van der Waals surface area (Å²) in [6.07, 6.45) is 0. The second-order valence-corrected chi connectivity index (χ2v) is 5.51. The molecule has 0 unspecified atom stereocenters. The summed E-state index contributed by atoms with van der Waals surface area (Å²) in [6.45, 7) is 2.87. The maximum atomic E-state index is 6.10. The van der Waals surface area contributed by atoms with E-state index < -0.39 is 0 Å². The number of halogens is 2. The smallest absolute Gasteiger partial charge is 0.125 e. The van der Waals surface area contributed by atoms with Gasteiger partial charge in [0.25, 0.3) is 0 Å². The molecular weight excluding hydrogens is 291 g/mol. The van der Waals surface area contributed by atoms with Crippen molar-refractivity contribution in [2.45, 2.75) is 19.3 Å². The molecule has 0 fully saturated rings. The molecule has 0 radical (unpaired) electrons. The lowest BCUT2D eigenvalue weighted by atomic mass is 10.1. The first kappa shape index (κ1) is 13.5. The minimum atomic E-state index is 0.387. The van der Waals surface area contributed by atoms with E-state index in [9.17, 15) is 0 Å². The summed E-state index contributed by atoms with van der Waals surface area (Å²) < 4.78 is 2.14. The molecule has 0 bridgehead atoms. The largest absolute Gasteiger partial charge is 0.322 e. The van der Waals surface area contributed by atoms with E-state index in [1.165, 1.54) is 11.1 Å². The standard InChI is InChI=1S/C16H14Cl2N2/c1-11-4-2-3-5-12(11)10-20-15-8-13(18)6-7-14(15)19-16(20)9-17/h2-8H,9-10H2,1H3. The van der Waals surface area contributed by atoms with E-state index in [0.29, 0.717) is 10.9 Å². The predicted molar refractivity (Wildman–Crippen MR) is 84.6 cm³/mol. The summed E-state index contributed by atoms with van der Waals surface area (Å²) in [7, 11) is 0. The molecule has 0 amide bonds. The van der Waals surface area contributed by atoms with Gasteiger partial charge < -0.3 is 4.57 Å². The Labute approximate surface area is 128 Å². The molecule has 4 heteroatoms. The Morgan fingerprint density at radius 3 is 2.70 bits per heavy atom. The molecule has 0 aliphatic heterocycles. The fraction of sp³-hybridized carbons (Fsp3) is 0.188. The van der Waals surface area contributed by atoms with Crippen LogP contribution in [0, 0.1) is 6.92 Å². The lowest BCUT2D eigenvalue weighted by Gasteiger charge is -2.10. The van der Waals surface area contributed by atoms with Crippen LogP contribution in [-0.4, -0.2) is 9.55 Å². The Morgan fingerprint density at radius 2 is 1.95 bits per heavy atom. The second-order valence-electron chi connectivity index (χ2n) is 4.81. The van der Waals surface area contributed by atoms with Gasteiger partial charge in [0.2, 0.25) is 0 Å². The predicted octanol–water partition coefficient (Wildman–Crippen LogP) is 4.79. The van der Waals surface area contributed by atoms with Crippen LogP contribution in [0.4, 0.5) is 0 Å². The van der Waals surface area contributed by atoms with Crippen LogP contribution in [0.25, 0.3) is 11.0 Å². The number of hydrogen-bond donors (Lipinski definition) is 0. The molecule has 0 saturated carbocycles. The average Bonchev–Trinajstić information content (AvgIpc) is 2.79. The normalized spacial score (nSPS) is 11.2. The van der Waals surface area contributed by atoms with E-state index in [0.717, 1.165) is 23.4 Å². The third-order valence-corrected chi connectivity index (χ3v) is 3.97. The lowest BCUT2D eigenvalue weighted by molar-refractivity contribution is 0.774. The fourth-order valence-electron chi connectivity index (χ4n) is 2.38. The Bertz CT molecular complexity index is 762. The minimum absolute atomic E-state index is 0.387. The van der Waals surface area contributed by atoms with Gasteiger partial charge in [-0.25, -0.2) is 4.98 Å². The molecule has 0 aliphatic carbocycles. The molecule has 0 atom stereocenters. The maximum absolute atomic E-state index is 6.10. The highest BCUT2D eigenvalue weighted by atomic mass is 35.5. The fourth-order valence-corrected chi connectivity index (χ4v) is 2.75. The van der Waals surface area contributed by atoms with Gasteiger partial charge in [-0.1, -0.05) is 35.9 Å². The molecule has 0 aliphatic rings. The van der Waals surface area contributed by atoms with E-state index in [-0.39, 0.29) is 0 Å². The summed E-state index contributed by atoms with van der Waals surface area (Å²) in [5.41, 5.74) is 4.48. The van der Waals surface area contributed by atoms with Gasteiger partial charge in [0.15, 0.2) is 0 Å². The summed E-state index contributed by atoms with van der Waals surface area (Å²) in [4.78, 5) is 4.57. The molecule has 2 aromatic carbocycles. The molecule has 1 aromatic heterocycles. The number of rotatable bonds is 3. The number of nitrogens with zero attached hydrogens (tertiary/aromatic N) is 2. The molecule has 0 N–H and O–H groups in total. The van der Waals surface area contributed by atoms with Gasteiger partial charge in [-0.2, -0.15) is 0 Å². The van der Waals surface area contributed by atoms with Crippen LogP contribution in [0.1, 0.15) is 17.0 Å². The monoisotopic (exact) mass is 304 g/mol. The van der Waals surface area contributed by atoms with E-state index in [4.69, 9.17) is 23.2 Å². The van der Waals surface area contributed by atoms with Gasteiger partial charge in [-0.15, -0.1) is 11.6 Å². The third-order valence-electron chi connectivity index (χ3n) is 3.50. The summed E-state index contributed by atoms with van der Waals surface area (Å²) >= 11 is 12.1. The number of alkyl halides is 1. The number of fused-ring (bicyclic) bond motifs is 1. The highest BCUT2D eigenvalue weighted by molar-refractivity contribution is 6.31. The van der Waals surface area contributed by atoms with Crippen molar-refractivity contribution in [3.63, 3.8) is 0 Å². The van der Waals surface area contributed by atoms with Crippen molar-refractivity contribution in [1.82, 2.24) is 9.55 Å². The van der Waals surface area contributed by atoms with Crippen LogP contribution in [-0.2, 0) is 12.4 Å². The van der Waals surface area contributed by atoms with Gasteiger partial charge in [0, 0.05) is 11.6 Å². The van der Waals surface area contributed by atoms with Crippen molar-refractivity contribution in [2.75, 3.05) is 0 Å². The first-order valence-corrected chi connectivity index (χ1v) is 7.35. The van der Waals surface area contributed by atoms with Gasteiger partial charge >= 0.3 is 0 Å². The first-order chi connectivity index (χ1) is 9.69. The van der Waals surface area contributed by atoms with E-state index >= 15 is 0 Å². The molecule has 102 valence electrons. The van der Waals surface area contributed by atoms with Crippen molar-refractivity contribution in [1.29, 1.82) is 0 Å². The SMILES string of the molecule is Cc1ccccc1Cn1c(CCl)nc2ccc(Cl)cc21. The van der Waals surface area contributed by atoms with Crippen molar-refractivity contribution < 1.29 is 0 Å². The maximum Gasteiger partial charge on any atom is 0.125 e. The van der Waals surface area contributed by atoms with Crippen molar-refractivity contribution in [3.05, 3.63) is 64.4 Å². The molecule has 3 aromatic rings. The van der Waals surface area contributed by atoms with Gasteiger partial charge in [0.05, 0.1) is 16.9 Å². The first-order valence-electron chi connectivity index (χ1n) is 6.44. The van der Waals surface area contributed by atoms with Crippen LogP contribution in [0.5, 0.6) is 0 Å². The number of aromatic nitrogens is 2. The summed E-state index contributed by atoms with van der Waals surface area (Å²) in [5, 5.41) is 0.713. The van der Waals surface area contributed by atoms with E-state index in [1.54, 1.807) is 0 Å². The van der Waals surface area contributed by atoms with Crippen LogP contribution >= 0.6 is 23.2 Å². The Morgan fingerprint density at radius 1 is 1.15 bits per heavy atom. The molecule has 0 saturated heterocycles. The molecule has 20 heavy (non-hydrogen) atoms. The molecule has 3 rings (SSSR count). The minimum Gasteiger partial charge on any atom is -0.322 e. The van der Waals surface area contributed by atoms with Crippen LogP contribution in [0.3, 0.4) is 0 Å². The van der Waals surface area contributed by atoms with Crippen molar-refractivity contribution in [2.24, 2.45) is 0 Å². The van der Waals surface area contributed by atoms with Crippen molar-refractivity contribution in [3.8, 4) is 0 Å². The van der Waals surface area contributed by atoms with Crippen LogP contribution in [0.2, 0.25) is 5.02 Å². The van der Waals surface area contributed by atoms with Gasteiger partial charge in [-0.3, -0.25) is 0 Å². The zero-order chi connectivity index (χ0) is 14.1. The van der Waals surface area contributed by atoms with Crippen molar-refractivity contribution >= 4 is 34.2 Å². The molecule has 2 nitrogen and oxygen atoms in total. The Balaban J connectivity index is 2.14. The van der Waals surface area contributed by atoms with Gasteiger partial charge in [0.1, 0.15) is 5.82 Å². The zero-order valence-electron chi connectivity index (χ0n) is 11.1. The molecular formula is C16H14Cl2N2. The van der Waals surface area contributed by atoms with E-state index in [2.05, 4.69) is 34.7 Å². The van der Waals surface area contributed by atoms with E-state index in [1.807, 2.05) is 24.3 Å². The topological polar surface area (TPSA) is 17.8 Å². The molecule has 0 spiro atoms. The molecule has 1 heterocycles. The zero-order valence-corrected chi connectivity index (χ0v) is 12.6. The highest BCUT2D eigenvalue weighted by Crippen LogP contribution is 2.23. The third kappa shape index (κ3) is 2.41. The second kappa shape index (κ2) is 5.47. The van der Waals surface area contributed by atoms with Crippen LogP contribution < -0.4 is 0 Å². The number of hydrogen-bond acceptors (Lipinski definition) is 1. The quantitative estimate of drug-likeness (QED) is 0.636. The van der Waals surface area contributed by atoms with Crippen LogP contribution in [0.15, 0.2) is 42.5 Å². The lowest BCUT2D eigenvalue weighted by Crippen LogP contribution is -2.05. The Kier molecular flexibility index (Phi) is 3.68. The van der Waals surface area contributed by atoms with Gasteiger partial charge in [-0.05, 0) is 36.2 Å². The number of aryl methyl sites for hydroxylation is 1. The number of benzene rings is 2.